The molecule has 0 radical (unpaired) electrons. The van der Waals surface area contributed by atoms with Gasteiger partial charge in [0.05, 0.1) is 35.9 Å². The molecule has 2 aliphatic heterocycles. The third-order valence-electron chi connectivity index (χ3n) is 6.94. The molecule has 0 saturated carbocycles. The standard InChI is InChI=1S/C26H28F3N5O/c1-33-16-25(17-33)18-34(13-23-11-30-9-10-31-23)12-21(25)14-35-15-22-3-2-4-24(32-22)19-5-7-20(8-6-19)26(27,28)29/h2-11,21H,12-18H2,1H3. The van der Waals surface area contributed by atoms with Crippen molar-refractivity contribution < 1.29 is 17.9 Å². The third-order valence-corrected chi connectivity index (χ3v) is 6.94. The highest BCUT2D eigenvalue weighted by Gasteiger charge is 2.52. The minimum absolute atomic E-state index is 0.229. The van der Waals surface area contributed by atoms with Crippen molar-refractivity contribution in [1.29, 1.82) is 0 Å². The van der Waals surface area contributed by atoms with Gasteiger partial charge < -0.3 is 9.64 Å². The van der Waals surface area contributed by atoms with Crippen molar-refractivity contribution >= 4 is 0 Å². The molecule has 6 nitrogen and oxygen atoms in total. The Kier molecular flexibility index (Phi) is 6.57. The van der Waals surface area contributed by atoms with Gasteiger partial charge in [0, 0.05) is 68.2 Å². The molecule has 1 spiro atoms. The zero-order valence-electron chi connectivity index (χ0n) is 19.6. The zero-order valence-corrected chi connectivity index (χ0v) is 19.6. The van der Waals surface area contributed by atoms with E-state index in [0.29, 0.717) is 30.4 Å². The van der Waals surface area contributed by atoms with Crippen LogP contribution in [0.25, 0.3) is 11.3 Å². The number of pyridine rings is 1. The number of halogens is 3. The van der Waals surface area contributed by atoms with Crippen molar-refractivity contribution in [3.63, 3.8) is 0 Å². The Labute approximate surface area is 202 Å². The molecule has 0 aliphatic carbocycles. The summed E-state index contributed by atoms with van der Waals surface area (Å²) in [5, 5.41) is 0. The molecule has 184 valence electrons. The van der Waals surface area contributed by atoms with Crippen LogP contribution in [-0.2, 0) is 24.1 Å². The lowest BCUT2D eigenvalue weighted by atomic mass is 9.72. The molecule has 1 unspecified atom stereocenters. The monoisotopic (exact) mass is 483 g/mol. The van der Waals surface area contributed by atoms with Crippen LogP contribution in [0.1, 0.15) is 17.0 Å². The number of aromatic nitrogens is 3. The Morgan fingerprint density at radius 2 is 1.83 bits per heavy atom. The highest BCUT2D eigenvalue weighted by Crippen LogP contribution is 2.43. The maximum atomic E-state index is 12.8. The van der Waals surface area contributed by atoms with Crippen LogP contribution in [0.5, 0.6) is 0 Å². The van der Waals surface area contributed by atoms with Gasteiger partial charge >= 0.3 is 6.18 Å². The summed E-state index contributed by atoms with van der Waals surface area (Å²) in [6.07, 6.45) is 0.884. The van der Waals surface area contributed by atoms with Crippen LogP contribution in [0.2, 0.25) is 0 Å². The highest BCUT2D eigenvalue weighted by molar-refractivity contribution is 5.59. The Morgan fingerprint density at radius 3 is 2.51 bits per heavy atom. The van der Waals surface area contributed by atoms with Gasteiger partial charge in [-0.3, -0.25) is 19.9 Å². The number of hydrogen-bond acceptors (Lipinski definition) is 6. The number of alkyl halides is 3. The van der Waals surface area contributed by atoms with Gasteiger partial charge in [-0.15, -0.1) is 0 Å². The molecule has 2 saturated heterocycles. The highest BCUT2D eigenvalue weighted by atomic mass is 19.4. The van der Waals surface area contributed by atoms with E-state index in [9.17, 15) is 13.2 Å². The fraction of sp³-hybridized carbons (Fsp3) is 0.423. The lowest BCUT2D eigenvalue weighted by Crippen LogP contribution is -2.59. The topological polar surface area (TPSA) is 54.4 Å². The van der Waals surface area contributed by atoms with E-state index in [0.717, 1.165) is 56.2 Å². The second-order valence-corrected chi connectivity index (χ2v) is 9.70. The lowest BCUT2D eigenvalue weighted by molar-refractivity contribution is -0.137. The second kappa shape index (κ2) is 9.64. The first-order valence-corrected chi connectivity index (χ1v) is 11.7. The average molecular weight is 484 g/mol. The number of likely N-dealkylation sites (tertiary alicyclic amines) is 2. The normalized spacial score (nSPS) is 20.3. The van der Waals surface area contributed by atoms with Crippen LogP contribution in [0.3, 0.4) is 0 Å². The van der Waals surface area contributed by atoms with E-state index in [-0.39, 0.29) is 5.41 Å². The van der Waals surface area contributed by atoms with Gasteiger partial charge in [-0.2, -0.15) is 13.2 Å². The molecule has 4 heterocycles. The summed E-state index contributed by atoms with van der Waals surface area (Å²) in [7, 11) is 2.14. The fourth-order valence-electron chi connectivity index (χ4n) is 5.38. The quantitative estimate of drug-likeness (QED) is 0.504. The summed E-state index contributed by atoms with van der Waals surface area (Å²) < 4.78 is 44.7. The van der Waals surface area contributed by atoms with E-state index in [1.807, 2.05) is 18.3 Å². The van der Waals surface area contributed by atoms with Crippen molar-refractivity contribution in [3.05, 3.63) is 78.0 Å². The molecule has 0 bridgehead atoms. The van der Waals surface area contributed by atoms with Gasteiger partial charge in [0.1, 0.15) is 0 Å². The summed E-state index contributed by atoms with van der Waals surface area (Å²) in [5.41, 5.74) is 2.57. The van der Waals surface area contributed by atoms with Crippen LogP contribution < -0.4 is 0 Å². The number of hydrogen-bond donors (Lipinski definition) is 0. The van der Waals surface area contributed by atoms with Gasteiger partial charge in [0.2, 0.25) is 0 Å². The van der Waals surface area contributed by atoms with Crippen LogP contribution >= 0.6 is 0 Å². The van der Waals surface area contributed by atoms with Gasteiger partial charge in [-0.1, -0.05) is 18.2 Å². The predicted molar refractivity (Wildman–Crippen MR) is 125 cm³/mol. The molecule has 35 heavy (non-hydrogen) atoms. The van der Waals surface area contributed by atoms with Crippen molar-refractivity contribution in [2.45, 2.75) is 19.3 Å². The van der Waals surface area contributed by atoms with Crippen molar-refractivity contribution in [2.24, 2.45) is 11.3 Å². The zero-order chi connectivity index (χ0) is 24.5. The van der Waals surface area contributed by atoms with E-state index in [4.69, 9.17) is 4.74 Å². The molecule has 2 fully saturated rings. The van der Waals surface area contributed by atoms with Crippen molar-refractivity contribution in [1.82, 2.24) is 24.8 Å². The molecular weight excluding hydrogens is 455 g/mol. The SMILES string of the molecule is CN1CC2(C1)CN(Cc1cnccn1)CC2COCc1cccc(-c2ccc(C(F)(F)F)cc2)n1. The average Bonchev–Trinajstić information content (AvgIpc) is 3.17. The Bertz CT molecular complexity index is 1130. The molecular formula is C26H28F3N5O. The smallest absolute Gasteiger partial charge is 0.375 e. The molecule has 1 atom stereocenters. The van der Waals surface area contributed by atoms with E-state index in [2.05, 4.69) is 31.8 Å². The third kappa shape index (κ3) is 5.37. The number of rotatable bonds is 7. The fourth-order valence-corrected chi connectivity index (χ4v) is 5.38. The predicted octanol–water partition coefficient (Wildman–Crippen LogP) is 4.14. The number of nitrogens with zero attached hydrogens (tertiary/aromatic N) is 5. The molecule has 1 aromatic carbocycles. The number of benzene rings is 1. The van der Waals surface area contributed by atoms with E-state index in [1.54, 1.807) is 18.5 Å². The Hall–Kier alpha value is -2.88. The van der Waals surface area contributed by atoms with E-state index >= 15 is 0 Å². The van der Waals surface area contributed by atoms with Crippen molar-refractivity contribution in [2.75, 3.05) is 39.8 Å². The first kappa shape index (κ1) is 23.8. The molecule has 5 rings (SSSR count). The second-order valence-electron chi connectivity index (χ2n) is 9.70. The first-order chi connectivity index (χ1) is 16.8. The molecule has 2 aromatic heterocycles. The first-order valence-electron chi connectivity index (χ1n) is 11.7. The van der Waals surface area contributed by atoms with Crippen LogP contribution in [0.4, 0.5) is 13.2 Å². The Morgan fingerprint density at radius 1 is 1.03 bits per heavy atom. The molecule has 0 amide bonds. The maximum absolute atomic E-state index is 12.8. The minimum Gasteiger partial charge on any atom is -0.375 e. The summed E-state index contributed by atoms with van der Waals surface area (Å²) in [4.78, 5) is 18.0. The minimum atomic E-state index is -4.35. The molecule has 0 N–H and O–H groups in total. The maximum Gasteiger partial charge on any atom is 0.416 e. The van der Waals surface area contributed by atoms with Crippen molar-refractivity contribution in [3.8, 4) is 11.3 Å². The summed E-state index contributed by atoms with van der Waals surface area (Å²) in [6, 6.07) is 10.6. The van der Waals surface area contributed by atoms with Crippen LogP contribution in [0.15, 0.2) is 61.1 Å². The Balaban J connectivity index is 1.20. The van der Waals surface area contributed by atoms with E-state index in [1.165, 1.54) is 12.1 Å². The largest absolute Gasteiger partial charge is 0.416 e. The van der Waals surface area contributed by atoms with Gasteiger partial charge in [0.15, 0.2) is 0 Å². The van der Waals surface area contributed by atoms with Crippen LogP contribution in [0, 0.1) is 11.3 Å². The molecule has 2 aliphatic rings. The van der Waals surface area contributed by atoms with Gasteiger partial charge in [-0.05, 0) is 31.3 Å². The van der Waals surface area contributed by atoms with Crippen LogP contribution in [-0.4, -0.2) is 64.6 Å². The summed E-state index contributed by atoms with van der Waals surface area (Å²) in [5.74, 6) is 0.411. The van der Waals surface area contributed by atoms with Gasteiger partial charge in [-0.25, -0.2) is 0 Å². The number of ether oxygens (including phenoxy) is 1. The van der Waals surface area contributed by atoms with Gasteiger partial charge in [0.25, 0.3) is 0 Å². The summed E-state index contributed by atoms with van der Waals surface area (Å²) in [6.45, 7) is 5.86. The van der Waals surface area contributed by atoms with E-state index < -0.39 is 11.7 Å². The molecule has 3 aromatic rings. The lowest BCUT2D eigenvalue weighted by Gasteiger charge is -2.49. The molecule has 9 heteroatoms. The summed E-state index contributed by atoms with van der Waals surface area (Å²) >= 11 is 0.